The lowest BCUT2D eigenvalue weighted by molar-refractivity contribution is 0.0818. The Hall–Kier alpha value is -2.80. The predicted molar refractivity (Wildman–Crippen MR) is 88.2 cm³/mol. The van der Waals surface area contributed by atoms with Crippen LogP contribution in [0.25, 0.3) is 0 Å². The molecule has 0 saturated heterocycles. The molecule has 0 spiro atoms. The molecule has 7 nitrogen and oxygen atoms in total. The van der Waals surface area contributed by atoms with Gasteiger partial charge in [0.1, 0.15) is 0 Å². The Morgan fingerprint density at radius 1 is 1.00 bits per heavy atom. The van der Waals surface area contributed by atoms with Crippen molar-refractivity contribution in [2.24, 2.45) is 0 Å². The summed E-state index contributed by atoms with van der Waals surface area (Å²) in [6.07, 6.45) is 7.14. The van der Waals surface area contributed by atoms with Crippen LogP contribution in [0, 0.1) is 0 Å². The molecule has 3 aromatic rings. The van der Waals surface area contributed by atoms with Crippen LogP contribution in [0.4, 0.5) is 5.95 Å². The fourth-order valence-corrected chi connectivity index (χ4v) is 2.90. The van der Waals surface area contributed by atoms with E-state index >= 15 is 0 Å². The van der Waals surface area contributed by atoms with Crippen LogP contribution < -0.4 is 4.90 Å². The summed E-state index contributed by atoms with van der Waals surface area (Å²) in [4.78, 5) is 15.2. The van der Waals surface area contributed by atoms with E-state index in [0.29, 0.717) is 13.2 Å². The first-order valence-corrected chi connectivity index (χ1v) is 7.92. The van der Waals surface area contributed by atoms with Gasteiger partial charge in [0, 0.05) is 31.3 Å². The van der Waals surface area contributed by atoms with Crippen LogP contribution in [0.15, 0.2) is 55.1 Å². The molecule has 4 heterocycles. The smallest absolute Gasteiger partial charge is 0.225 e. The van der Waals surface area contributed by atoms with Crippen LogP contribution in [0.1, 0.15) is 17.4 Å². The van der Waals surface area contributed by atoms with Gasteiger partial charge in [-0.25, -0.2) is 9.97 Å². The number of ether oxygens (including phenoxy) is 1. The fraction of sp³-hybridized carbons (Fsp3) is 0.294. The second-order valence-corrected chi connectivity index (χ2v) is 5.69. The molecular formula is C17H18N6O. The van der Waals surface area contributed by atoms with Crippen molar-refractivity contribution in [2.75, 3.05) is 18.1 Å². The van der Waals surface area contributed by atoms with Crippen LogP contribution in [0.2, 0.25) is 0 Å². The zero-order chi connectivity index (χ0) is 16.2. The van der Waals surface area contributed by atoms with Gasteiger partial charge >= 0.3 is 0 Å². The summed E-state index contributed by atoms with van der Waals surface area (Å²) < 4.78 is 7.92. The number of aromatic nitrogens is 5. The molecule has 1 aliphatic rings. The molecule has 1 unspecified atom stereocenters. The van der Waals surface area contributed by atoms with Gasteiger partial charge in [-0.15, -0.1) is 0 Å². The van der Waals surface area contributed by atoms with Gasteiger partial charge in [-0.3, -0.25) is 9.67 Å². The van der Waals surface area contributed by atoms with Crippen molar-refractivity contribution >= 4 is 5.95 Å². The molecule has 0 aliphatic carbocycles. The second kappa shape index (κ2) is 6.76. The number of anilines is 1. The van der Waals surface area contributed by atoms with Crippen molar-refractivity contribution in [1.82, 2.24) is 24.7 Å². The molecule has 0 bridgehead atoms. The number of nitrogens with zero attached hydrogens (tertiary/aromatic N) is 6. The highest BCUT2D eigenvalue weighted by Gasteiger charge is 2.27. The summed E-state index contributed by atoms with van der Waals surface area (Å²) in [5.41, 5.74) is 2.07. The van der Waals surface area contributed by atoms with E-state index in [1.165, 1.54) is 0 Å². The number of rotatable bonds is 5. The van der Waals surface area contributed by atoms with Crippen LogP contribution in [-0.2, 0) is 17.9 Å². The summed E-state index contributed by atoms with van der Waals surface area (Å²) in [6, 6.07) is 9.80. The SMILES string of the molecule is c1ccc(COCC2CN(c3ncccn3)Cc3ccnn32)nc1. The standard InChI is InChI=1S/C17H18N6O/c1-2-6-18-14(4-1)12-24-13-16-11-22(17-19-7-3-8-20-17)10-15-5-9-21-23(15)16/h1-9,16H,10-13H2. The zero-order valence-electron chi connectivity index (χ0n) is 13.2. The minimum Gasteiger partial charge on any atom is -0.373 e. The highest BCUT2D eigenvalue weighted by atomic mass is 16.5. The molecular weight excluding hydrogens is 304 g/mol. The van der Waals surface area contributed by atoms with Gasteiger partial charge in [0.2, 0.25) is 5.95 Å². The molecule has 4 rings (SSSR count). The van der Waals surface area contributed by atoms with Crippen molar-refractivity contribution in [3.63, 3.8) is 0 Å². The molecule has 1 aliphatic heterocycles. The third-order valence-corrected chi connectivity index (χ3v) is 4.00. The molecule has 0 radical (unpaired) electrons. The first kappa shape index (κ1) is 14.8. The van der Waals surface area contributed by atoms with Gasteiger partial charge < -0.3 is 9.64 Å². The predicted octanol–water partition coefficient (Wildman–Crippen LogP) is 1.85. The van der Waals surface area contributed by atoms with E-state index in [2.05, 4.69) is 25.0 Å². The Morgan fingerprint density at radius 3 is 2.71 bits per heavy atom. The molecule has 24 heavy (non-hydrogen) atoms. The summed E-state index contributed by atoms with van der Waals surface area (Å²) in [6.45, 7) is 2.58. The maximum absolute atomic E-state index is 5.88. The van der Waals surface area contributed by atoms with Crippen molar-refractivity contribution in [1.29, 1.82) is 0 Å². The van der Waals surface area contributed by atoms with E-state index in [1.807, 2.05) is 41.2 Å². The fourth-order valence-electron chi connectivity index (χ4n) is 2.90. The molecule has 122 valence electrons. The number of hydrogen-bond acceptors (Lipinski definition) is 6. The average molecular weight is 322 g/mol. The third kappa shape index (κ3) is 3.11. The van der Waals surface area contributed by atoms with Gasteiger partial charge in [-0.1, -0.05) is 6.07 Å². The normalized spacial score (nSPS) is 16.8. The summed E-state index contributed by atoms with van der Waals surface area (Å²) in [5, 5.41) is 4.45. The van der Waals surface area contributed by atoms with Crippen LogP contribution in [-0.4, -0.2) is 37.9 Å². The average Bonchev–Trinajstić information content (AvgIpc) is 3.12. The molecule has 0 fully saturated rings. The van der Waals surface area contributed by atoms with Gasteiger partial charge in [-0.05, 0) is 24.3 Å². The first-order valence-electron chi connectivity index (χ1n) is 7.92. The monoisotopic (exact) mass is 322 g/mol. The van der Waals surface area contributed by atoms with Gasteiger partial charge in [0.25, 0.3) is 0 Å². The van der Waals surface area contributed by atoms with E-state index in [4.69, 9.17) is 4.74 Å². The lowest BCUT2D eigenvalue weighted by Gasteiger charge is -2.33. The Morgan fingerprint density at radius 2 is 1.88 bits per heavy atom. The van der Waals surface area contributed by atoms with Gasteiger partial charge in [0.15, 0.2) is 0 Å². The van der Waals surface area contributed by atoms with Gasteiger partial charge in [-0.2, -0.15) is 5.10 Å². The molecule has 3 aromatic heterocycles. The molecule has 1 atom stereocenters. The Labute approximate surface area is 140 Å². The first-order chi connectivity index (χ1) is 11.9. The lowest BCUT2D eigenvalue weighted by atomic mass is 10.2. The molecule has 0 saturated carbocycles. The van der Waals surface area contributed by atoms with Crippen molar-refractivity contribution in [2.45, 2.75) is 19.2 Å². The van der Waals surface area contributed by atoms with Crippen molar-refractivity contribution in [3.8, 4) is 0 Å². The van der Waals surface area contributed by atoms with Crippen LogP contribution in [0.5, 0.6) is 0 Å². The molecule has 0 N–H and O–H groups in total. The lowest BCUT2D eigenvalue weighted by Crippen LogP contribution is -2.40. The van der Waals surface area contributed by atoms with Gasteiger partial charge in [0.05, 0.1) is 37.2 Å². The molecule has 0 amide bonds. The van der Waals surface area contributed by atoms with Crippen molar-refractivity contribution < 1.29 is 4.74 Å². The van der Waals surface area contributed by atoms with E-state index in [0.717, 1.165) is 30.4 Å². The molecule has 7 heteroatoms. The van der Waals surface area contributed by atoms with E-state index in [1.54, 1.807) is 18.6 Å². The van der Waals surface area contributed by atoms with E-state index in [-0.39, 0.29) is 6.04 Å². The molecule has 0 aromatic carbocycles. The third-order valence-electron chi connectivity index (χ3n) is 4.00. The quantitative estimate of drug-likeness (QED) is 0.714. The zero-order valence-corrected chi connectivity index (χ0v) is 13.2. The highest BCUT2D eigenvalue weighted by molar-refractivity contribution is 5.32. The largest absolute Gasteiger partial charge is 0.373 e. The Bertz CT molecular complexity index is 776. The number of fused-ring (bicyclic) bond motifs is 1. The van der Waals surface area contributed by atoms with E-state index in [9.17, 15) is 0 Å². The number of pyridine rings is 1. The maximum Gasteiger partial charge on any atom is 0.225 e. The number of hydrogen-bond donors (Lipinski definition) is 0. The van der Waals surface area contributed by atoms with E-state index < -0.39 is 0 Å². The maximum atomic E-state index is 5.88. The van der Waals surface area contributed by atoms with Crippen LogP contribution in [0.3, 0.4) is 0 Å². The van der Waals surface area contributed by atoms with Crippen LogP contribution >= 0.6 is 0 Å². The summed E-state index contributed by atoms with van der Waals surface area (Å²) >= 11 is 0. The second-order valence-electron chi connectivity index (χ2n) is 5.69. The Balaban J connectivity index is 1.46. The summed E-state index contributed by atoms with van der Waals surface area (Å²) in [7, 11) is 0. The highest BCUT2D eigenvalue weighted by Crippen LogP contribution is 2.23. The minimum atomic E-state index is 0.122. The summed E-state index contributed by atoms with van der Waals surface area (Å²) in [5.74, 6) is 0.736. The minimum absolute atomic E-state index is 0.122. The van der Waals surface area contributed by atoms with Crippen molar-refractivity contribution in [3.05, 3.63) is 66.5 Å². The Kier molecular flexibility index (Phi) is 4.16. The topological polar surface area (TPSA) is 69.0 Å².